The van der Waals surface area contributed by atoms with Gasteiger partial charge in [-0.25, -0.2) is 4.98 Å². The monoisotopic (exact) mass is 317 g/mol. The van der Waals surface area contributed by atoms with Crippen LogP contribution >= 0.6 is 11.6 Å². The summed E-state index contributed by atoms with van der Waals surface area (Å²) in [4.78, 5) is 16.2. The molecule has 0 fully saturated rings. The van der Waals surface area contributed by atoms with Crippen molar-refractivity contribution >= 4 is 34.1 Å². The van der Waals surface area contributed by atoms with Gasteiger partial charge < -0.3 is 10.6 Å². The Hall–Kier alpha value is -1.14. The first-order valence-electron chi connectivity index (χ1n) is 6.53. The molecular formula is C13H20ClN3O2S. The molecule has 2 N–H and O–H groups in total. The Bertz CT molecular complexity index is 483. The lowest BCUT2D eigenvalue weighted by Gasteiger charge is -2.09. The summed E-state index contributed by atoms with van der Waals surface area (Å²) in [6, 6.07) is 3.40. The van der Waals surface area contributed by atoms with Crippen molar-refractivity contribution in [2.75, 3.05) is 30.4 Å². The summed E-state index contributed by atoms with van der Waals surface area (Å²) in [6.45, 7) is 3.30. The lowest BCUT2D eigenvalue weighted by atomic mass is 10.3. The third-order valence-corrected chi connectivity index (χ3v) is 3.68. The minimum Gasteiger partial charge on any atom is -0.370 e. The van der Waals surface area contributed by atoms with Crippen LogP contribution in [-0.4, -0.2) is 40.2 Å². The molecule has 0 spiro atoms. The molecule has 0 radical (unpaired) electrons. The van der Waals surface area contributed by atoms with E-state index in [0.29, 0.717) is 29.6 Å². The van der Waals surface area contributed by atoms with Crippen LogP contribution in [0.5, 0.6) is 0 Å². The van der Waals surface area contributed by atoms with E-state index < -0.39 is 10.8 Å². The molecule has 7 heteroatoms. The van der Waals surface area contributed by atoms with Crippen LogP contribution < -0.4 is 10.6 Å². The van der Waals surface area contributed by atoms with Gasteiger partial charge in [0.05, 0.1) is 5.02 Å². The highest BCUT2D eigenvalue weighted by molar-refractivity contribution is 7.84. The first-order chi connectivity index (χ1) is 9.54. The second kappa shape index (κ2) is 8.92. The summed E-state index contributed by atoms with van der Waals surface area (Å²) in [5.41, 5.74) is 0.213. The first kappa shape index (κ1) is 16.9. The van der Waals surface area contributed by atoms with Crippen LogP contribution in [-0.2, 0) is 10.8 Å². The van der Waals surface area contributed by atoms with Crippen molar-refractivity contribution in [1.82, 2.24) is 10.3 Å². The molecule has 112 valence electrons. The van der Waals surface area contributed by atoms with Crippen molar-refractivity contribution in [2.24, 2.45) is 0 Å². The Labute approximate surface area is 127 Å². The second-order valence-corrected chi connectivity index (χ2v) is 6.30. The molecule has 1 unspecified atom stereocenters. The summed E-state index contributed by atoms with van der Waals surface area (Å²) >= 11 is 5.99. The Morgan fingerprint density at radius 2 is 2.15 bits per heavy atom. The molecule has 1 rings (SSSR count). The van der Waals surface area contributed by atoms with Gasteiger partial charge in [-0.2, -0.15) is 0 Å². The predicted molar refractivity (Wildman–Crippen MR) is 83.9 cm³/mol. The maximum absolute atomic E-state index is 12.0. The summed E-state index contributed by atoms with van der Waals surface area (Å²) in [5.74, 6) is 0.896. The van der Waals surface area contributed by atoms with Crippen molar-refractivity contribution in [3.63, 3.8) is 0 Å². The van der Waals surface area contributed by atoms with Gasteiger partial charge in [-0.1, -0.05) is 18.5 Å². The molecule has 0 aliphatic rings. The lowest BCUT2D eigenvalue weighted by molar-refractivity contribution is 0.0949. The largest absolute Gasteiger partial charge is 0.370 e. The standard InChI is InChI=1S/C13H20ClN3O2S/c1-3-7-15-11-6-5-10(14)12(17-11)13(18)16-8-4-9-20(2)19/h5-6H,3-4,7-9H2,1-2H3,(H,15,17)(H,16,18). The van der Waals surface area contributed by atoms with E-state index in [4.69, 9.17) is 11.6 Å². The normalized spacial score (nSPS) is 11.9. The number of anilines is 1. The fourth-order valence-corrected chi connectivity index (χ4v) is 2.26. The smallest absolute Gasteiger partial charge is 0.271 e. The van der Waals surface area contributed by atoms with E-state index in [1.54, 1.807) is 18.4 Å². The van der Waals surface area contributed by atoms with Gasteiger partial charge in [-0.15, -0.1) is 0 Å². The van der Waals surface area contributed by atoms with Gasteiger partial charge in [0.2, 0.25) is 0 Å². The molecule has 1 aromatic rings. The second-order valence-electron chi connectivity index (χ2n) is 4.34. The molecule has 1 atom stereocenters. The molecule has 1 amide bonds. The minimum absolute atomic E-state index is 0.213. The van der Waals surface area contributed by atoms with E-state index in [0.717, 1.165) is 13.0 Å². The number of amides is 1. The SMILES string of the molecule is CCCNc1ccc(Cl)c(C(=O)NCCCS(C)=O)n1. The number of aromatic nitrogens is 1. The number of hydrogen-bond acceptors (Lipinski definition) is 4. The Morgan fingerprint density at radius 1 is 1.40 bits per heavy atom. The van der Waals surface area contributed by atoms with Gasteiger partial charge >= 0.3 is 0 Å². The summed E-state index contributed by atoms with van der Waals surface area (Å²) in [7, 11) is -0.840. The maximum Gasteiger partial charge on any atom is 0.271 e. The number of carbonyl (C=O) groups excluding carboxylic acids is 1. The maximum atomic E-state index is 12.0. The van der Waals surface area contributed by atoms with Crippen molar-refractivity contribution in [1.29, 1.82) is 0 Å². The fourth-order valence-electron chi connectivity index (χ4n) is 1.51. The molecule has 1 heterocycles. The van der Waals surface area contributed by atoms with Gasteiger partial charge in [0, 0.05) is 35.9 Å². The van der Waals surface area contributed by atoms with E-state index in [-0.39, 0.29) is 11.6 Å². The van der Waals surface area contributed by atoms with Crippen LogP contribution in [0.2, 0.25) is 5.02 Å². The van der Waals surface area contributed by atoms with E-state index in [9.17, 15) is 9.00 Å². The number of halogens is 1. The molecule has 0 aliphatic heterocycles. The van der Waals surface area contributed by atoms with Gasteiger partial charge in [-0.05, 0) is 25.0 Å². The topological polar surface area (TPSA) is 71.1 Å². The molecule has 5 nitrogen and oxygen atoms in total. The van der Waals surface area contributed by atoms with Gasteiger partial charge in [-0.3, -0.25) is 9.00 Å². The number of pyridine rings is 1. The highest BCUT2D eigenvalue weighted by Gasteiger charge is 2.12. The molecule has 0 saturated carbocycles. The van der Waals surface area contributed by atoms with Crippen LogP contribution in [0.15, 0.2) is 12.1 Å². The number of hydrogen-bond donors (Lipinski definition) is 2. The van der Waals surface area contributed by atoms with Crippen molar-refractivity contribution < 1.29 is 9.00 Å². The molecule has 0 aromatic carbocycles. The molecule has 20 heavy (non-hydrogen) atoms. The van der Waals surface area contributed by atoms with Crippen LogP contribution in [0.1, 0.15) is 30.3 Å². The molecule has 0 saturated heterocycles. The third-order valence-electron chi connectivity index (χ3n) is 2.51. The fraction of sp³-hybridized carbons (Fsp3) is 0.538. The number of rotatable bonds is 8. The van der Waals surface area contributed by atoms with Crippen molar-refractivity contribution in [3.8, 4) is 0 Å². The Kier molecular flexibility index (Phi) is 7.54. The zero-order valence-electron chi connectivity index (χ0n) is 11.7. The van der Waals surface area contributed by atoms with Crippen LogP contribution in [0.3, 0.4) is 0 Å². The summed E-state index contributed by atoms with van der Waals surface area (Å²) in [5, 5.41) is 6.16. The van der Waals surface area contributed by atoms with E-state index in [1.807, 2.05) is 6.92 Å². The predicted octanol–water partition coefficient (Wildman–Crippen LogP) is 2.06. The molecule has 0 bridgehead atoms. The van der Waals surface area contributed by atoms with E-state index in [1.165, 1.54) is 0 Å². The minimum atomic E-state index is -0.840. The Morgan fingerprint density at radius 3 is 2.80 bits per heavy atom. The van der Waals surface area contributed by atoms with E-state index in [2.05, 4.69) is 15.6 Å². The number of nitrogens with zero attached hydrogens (tertiary/aromatic N) is 1. The average molecular weight is 318 g/mol. The first-order valence-corrected chi connectivity index (χ1v) is 8.63. The van der Waals surface area contributed by atoms with Gasteiger partial charge in [0.1, 0.15) is 11.5 Å². The average Bonchev–Trinajstić information content (AvgIpc) is 2.42. The number of nitrogens with one attached hydrogen (secondary N) is 2. The zero-order chi connectivity index (χ0) is 15.0. The van der Waals surface area contributed by atoms with Crippen LogP contribution in [0, 0.1) is 0 Å². The quantitative estimate of drug-likeness (QED) is 0.720. The van der Waals surface area contributed by atoms with Gasteiger partial charge in [0.15, 0.2) is 0 Å². The molecule has 0 aliphatic carbocycles. The molecular weight excluding hydrogens is 298 g/mol. The highest BCUT2D eigenvalue weighted by atomic mass is 35.5. The van der Waals surface area contributed by atoms with E-state index >= 15 is 0 Å². The highest BCUT2D eigenvalue weighted by Crippen LogP contribution is 2.16. The third kappa shape index (κ3) is 5.88. The number of carbonyl (C=O) groups is 1. The summed E-state index contributed by atoms with van der Waals surface area (Å²) < 4.78 is 10.9. The van der Waals surface area contributed by atoms with Crippen molar-refractivity contribution in [3.05, 3.63) is 22.8 Å². The lowest BCUT2D eigenvalue weighted by Crippen LogP contribution is -2.26. The summed E-state index contributed by atoms with van der Waals surface area (Å²) in [6.07, 6.45) is 3.28. The van der Waals surface area contributed by atoms with Crippen LogP contribution in [0.25, 0.3) is 0 Å². The Balaban J connectivity index is 2.59. The zero-order valence-corrected chi connectivity index (χ0v) is 13.3. The van der Waals surface area contributed by atoms with Gasteiger partial charge in [0.25, 0.3) is 5.91 Å². The molecule has 1 aromatic heterocycles. The van der Waals surface area contributed by atoms with Crippen molar-refractivity contribution in [2.45, 2.75) is 19.8 Å². The van der Waals surface area contributed by atoms with Crippen LogP contribution in [0.4, 0.5) is 5.82 Å².